The zero-order chi connectivity index (χ0) is 10.8. The van der Waals surface area contributed by atoms with E-state index in [1.54, 1.807) is 11.4 Å². The molecule has 1 unspecified atom stereocenters. The molecule has 0 fully saturated rings. The van der Waals surface area contributed by atoms with Crippen LogP contribution in [0.5, 0.6) is 0 Å². The van der Waals surface area contributed by atoms with Crippen molar-refractivity contribution in [1.29, 1.82) is 0 Å². The van der Waals surface area contributed by atoms with E-state index < -0.39 is 21.2 Å². The Balaban J connectivity index is 3.13. The molecule has 0 radical (unpaired) electrons. The summed E-state index contributed by atoms with van der Waals surface area (Å²) in [6.07, 6.45) is 0. The number of aliphatic carboxylic acids is 1. The van der Waals surface area contributed by atoms with Crippen LogP contribution in [0.2, 0.25) is 0 Å². The highest BCUT2D eigenvalue weighted by atomic mass is 32.2. The van der Waals surface area contributed by atoms with Gasteiger partial charge in [0.1, 0.15) is 4.21 Å². The Morgan fingerprint density at radius 1 is 1.64 bits per heavy atom. The van der Waals surface area contributed by atoms with E-state index in [0.717, 1.165) is 11.3 Å². The van der Waals surface area contributed by atoms with Crippen molar-refractivity contribution in [3.63, 3.8) is 0 Å². The molecule has 1 atom stereocenters. The Bertz CT molecular complexity index is 409. The molecule has 0 saturated heterocycles. The summed E-state index contributed by atoms with van der Waals surface area (Å²) in [5, 5.41) is 10.9. The van der Waals surface area contributed by atoms with Crippen LogP contribution >= 0.6 is 11.3 Å². The summed E-state index contributed by atoms with van der Waals surface area (Å²) in [6.45, 7) is 0. The van der Waals surface area contributed by atoms with Gasteiger partial charge in [-0.25, -0.2) is 13.2 Å². The van der Waals surface area contributed by atoms with Crippen molar-refractivity contribution in [2.24, 2.45) is 0 Å². The van der Waals surface area contributed by atoms with Crippen LogP contribution in [0.3, 0.4) is 0 Å². The summed E-state index contributed by atoms with van der Waals surface area (Å²) < 4.78 is 23.3. The minimum absolute atomic E-state index is 0.0549. The third kappa shape index (κ3) is 1.94. The fourth-order valence-corrected chi connectivity index (χ4v) is 3.47. The summed E-state index contributed by atoms with van der Waals surface area (Å²) in [6, 6.07) is 2.94. The molecule has 7 heteroatoms. The molecule has 2 N–H and O–H groups in total. The van der Waals surface area contributed by atoms with Crippen LogP contribution in [-0.2, 0) is 14.6 Å². The summed E-state index contributed by atoms with van der Waals surface area (Å²) in [4.78, 5) is 10.6. The molecule has 0 saturated carbocycles. The lowest BCUT2D eigenvalue weighted by Crippen LogP contribution is -2.40. The molecule has 0 aliphatic heterocycles. The second kappa shape index (κ2) is 4.07. The number of hydrogen-bond acceptors (Lipinski definition) is 5. The van der Waals surface area contributed by atoms with Crippen molar-refractivity contribution < 1.29 is 18.3 Å². The first-order valence-corrected chi connectivity index (χ1v) is 6.10. The van der Waals surface area contributed by atoms with Gasteiger partial charge in [0.2, 0.25) is 15.2 Å². The molecule has 14 heavy (non-hydrogen) atoms. The highest BCUT2D eigenvalue weighted by Gasteiger charge is 2.33. The van der Waals surface area contributed by atoms with E-state index in [-0.39, 0.29) is 4.21 Å². The summed E-state index contributed by atoms with van der Waals surface area (Å²) in [5.74, 6) is -1.40. The lowest BCUT2D eigenvalue weighted by molar-refractivity contribution is -0.137. The van der Waals surface area contributed by atoms with Crippen LogP contribution in [0, 0.1) is 0 Å². The zero-order valence-electron chi connectivity index (χ0n) is 7.30. The number of carboxylic acid groups (broad SMARTS) is 1. The minimum atomic E-state index is -3.80. The molecule has 5 nitrogen and oxygen atoms in total. The third-order valence-corrected chi connectivity index (χ3v) is 4.97. The van der Waals surface area contributed by atoms with Crippen molar-refractivity contribution in [2.45, 2.75) is 9.58 Å². The number of thiophene rings is 1. The molecule has 0 aliphatic carbocycles. The van der Waals surface area contributed by atoms with Gasteiger partial charge in [-0.05, 0) is 18.5 Å². The van der Waals surface area contributed by atoms with Gasteiger partial charge in [0, 0.05) is 0 Å². The Morgan fingerprint density at radius 3 is 2.64 bits per heavy atom. The molecule has 1 aromatic heterocycles. The first-order valence-electron chi connectivity index (χ1n) is 3.67. The maximum absolute atomic E-state index is 11.6. The van der Waals surface area contributed by atoms with Gasteiger partial charge in [0.25, 0.3) is 0 Å². The largest absolute Gasteiger partial charge is 0.479 e. The maximum Gasteiger partial charge on any atom is 0.336 e. The van der Waals surface area contributed by atoms with Crippen molar-refractivity contribution in [2.75, 3.05) is 7.05 Å². The fourth-order valence-electron chi connectivity index (χ4n) is 0.953. The van der Waals surface area contributed by atoms with Gasteiger partial charge in [-0.3, -0.25) is 5.32 Å². The monoisotopic (exact) mass is 235 g/mol. The number of hydrogen-bond donors (Lipinski definition) is 2. The van der Waals surface area contributed by atoms with E-state index in [2.05, 4.69) is 5.32 Å². The number of sulfone groups is 1. The summed E-state index contributed by atoms with van der Waals surface area (Å²) >= 11 is 1.000. The quantitative estimate of drug-likeness (QED) is 0.776. The Morgan fingerprint density at radius 2 is 2.29 bits per heavy atom. The number of rotatable bonds is 4. The maximum atomic E-state index is 11.6. The topological polar surface area (TPSA) is 83.5 Å². The van der Waals surface area contributed by atoms with Crippen molar-refractivity contribution in [3.05, 3.63) is 17.5 Å². The Labute approximate surface area is 85.3 Å². The SMILES string of the molecule is CNC(C(=O)O)S(=O)(=O)c1cccs1. The average molecular weight is 235 g/mol. The smallest absolute Gasteiger partial charge is 0.336 e. The highest BCUT2D eigenvalue weighted by Crippen LogP contribution is 2.20. The Kier molecular flexibility index (Phi) is 3.25. The van der Waals surface area contributed by atoms with E-state index in [9.17, 15) is 13.2 Å². The van der Waals surface area contributed by atoms with Crippen LogP contribution < -0.4 is 5.32 Å². The van der Waals surface area contributed by atoms with Crippen LogP contribution in [0.4, 0.5) is 0 Å². The predicted octanol–water partition coefficient (Wildman–Crippen LogP) is 0.152. The van der Waals surface area contributed by atoms with Crippen LogP contribution in [0.25, 0.3) is 0 Å². The van der Waals surface area contributed by atoms with Crippen molar-refractivity contribution in [1.82, 2.24) is 5.32 Å². The number of carboxylic acids is 1. The Hall–Kier alpha value is -0.920. The lowest BCUT2D eigenvalue weighted by atomic mass is 10.6. The van der Waals surface area contributed by atoms with E-state index >= 15 is 0 Å². The van der Waals surface area contributed by atoms with Crippen LogP contribution in [0.1, 0.15) is 0 Å². The molecular weight excluding hydrogens is 226 g/mol. The van der Waals surface area contributed by atoms with E-state index in [1.165, 1.54) is 13.1 Å². The van der Waals surface area contributed by atoms with E-state index in [1.807, 2.05) is 0 Å². The van der Waals surface area contributed by atoms with Gasteiger partial charge in [0.15, 0.2) is 0 Å². The first-order chi connectivity index (χ1) is 6.50. The van der Waals surface area contributed by atoms with Gasteiger partial charge in [0.05, 0.1) is 0 Å². The average Bonchev–Trinajstić information content (AvgIpc) is 2.55. The fraction of sp³-hybridized carbons (Fsp3) is 0.286. The molecular formula is C7H9NO4S2. The number of nitrogens with one attached hydrogen (secondary N) is 1. The summed E-state index contributed by atoms with van der Waals surface area (Å²) in [7, 11) is -2.50. The normalized spacial score (nSPS) is 13.8. The second-order valence-electron chi connectivity index (χ2n) is 2.48. The second-order valence-corrected chi connectivity index (χ2v) is 5.69. The zero-order valence-corrected chi connectivity index (χ0v) is 8.93. The van der Waals surface area contributed by atoms with Crippen LogP contribution in [0.15, 0.2) is 21.7 Å². The van der Waals surface area contributed by atoms with E-state index in [0.29, 0.717) is 0 Å². The molecule has 0 aliphatic rings. The molecule has 0 spiro atoms. The number of likely N-dealkylation sites (N-methyl/N-ethyl adjacent to an activating group) is 1. The number of carbonyl (C=O) groups is 1. The van der Waals surface area contributed by atoms with Gasteiger partial charge in [-0.1, -0.05) is 6.07 Å². The standard InChI is InChI=1S/C7H9NO4S2/c1-8-6(7(9)10)14(11,12)5-3-2-4-13-5/h2-4,6,8H,1H3,(H,9,10). The van der Waals surface area contributed by atoms with E-state index in [4.69, 9.17) is 5.11 Å². The molecule has 0 amide bonds. The van der Waals surface area contributed by atoms with Crippen LogP contribution in [-0.4, -0.2) is 31.9 Å². The lowest BCUT2D eigenvalue weighted by Gasteiger charge is -2.10. The van der Waals surface area contributed by atoms with Gasteiger partial charge < -0.3 is 5.11 Å². The minimum Gasteiger partial charge on any atom is -0.479 e. The molecule has 1 aromatic rings. The van der Waals surface area contributed by atoms with Gasteiger partial charge in [-0.15, -0.1) is 11.3 Å². The molecule has 78 valence electrons. The molecule has 1 rings (SSSR count). The first kappa shape index (κ1) is 11.2. The molecule has 0 aromatic carbocycles. The summed E-state index contributed by atoms with van der Waals surface area (Å²) in [5.41, 5.74) is 0. The third-order valence-electron chi connectivity index (χ3n) is 1.57. The van der Waals surface area contributed by atoms with Crippen molar-refractivity contribution >= 4 is 27.1 Å². The predicted molar refractivity (Wildman–Crippen MR) is 52.0 cm³/mol. The molecule has 1 heterocycles. The molecule has 0 bridgehead atoms. The van der Waals surface area contributed by atoms with Gasteiger partial charge >= 0.3 is 5.97 Å². The van der Waals surface area contributed by atoms with Crippen molar-refractivity contribution in [3.8, 4) is 0 Å². The highest BCUT2D eigenvalue weighted by molar-refractivity contribution is 7.94. The van der Waals surface area contributed by atoms with Gasteiger partial charge in [-0.2, -0.15) is 0 Å².